The first-order valence-electron chi connectivity index (χ1n) is 7.01. The van der Waals surface area contributed by atoms with Gasteiger partial charge in [0.25, 0.3) is 0 Å². The van der Waals surface area contributed by atoms with Crippen LogP contribution in [0.3, 0.4) is 0 Å². The highest BCUT2D eigenvalue weighted by atomic mass is 35.5. The fourth-order valence-electron chi connectivity index (χ4n) is 2.67. The topological polar surface area (TPSA) is 44.4 Å². The Morgan fingerprint density at radius 2 is 1.80 bits per heavy atom. The molecular formula is C14H31Cl2N3O. The van der Waals surface area contributed by atoms with E-state index in [2.05, 4.69) is 43.5 Å². The molecule has 1 aliphatic rings. The Morgan fingerprint density at radius 3 is 2.30 bits per heavy atom. The van der Waals surface area contributed by atoms with E-state index in [1.54, 1.807) is 0 Å². The van der Waals surface area contributed by atoms with Crippen molar-refractivity contribution < 1.29 is 4.79 Å². The van der Waals surface area contributed by atoms with Gasteiger partial charge in [0.1, 0.15) is 0 Å². The molecule has 0 atom stereocenters. The van der Waals surface area contributed by atoms with Gasteiger partial charge in [-0.25, -0.2) is 0 Å². The van der Waals surface area contributed by atoms with Gasteiger partial charge >= 0.3 is 0 Å². The number of halogens is 2. The molecule has 1 rings (SSSR count). The summed E-state index contributed by atoms with van der Waals surface area (Å²) in [7, 11) is 4.14. The largest absolute Gasteiger partial charge is 0.356 e. The lowest BCUT2D eigenvalue weighted by molar-refractivity contribution is -0.122. The Balaban J connectivity index is 0. The van der Waals surface area contributed by atoms with Crippen LogP contribution in [0.5, 0.6) is 0 Å². The number of piperidine rings is 1. The van der Waals surface area contributed by atoms with Crippen LogP contribution in [0, 0.1) is 11.3 Å². The van der Waals surface area contributed by atoms with Crippen molar-refractivity contribution in [2.24, 2.45) is 11.3 Å². The average Bonchev–Trinajstić information content (AvgIpc) is 2.26. The van der Waals surface area contributed by atoms with Gasteiger partial charge in [-0.1, -0.05) is 13.8 Å². The van der Waals surface area contributed by atoms with Crippen molar-refractivity contribution in [3.05, 3.63) is 0 Å². The molecule has 4 nitrogen and oxygen atoms in total. The van der Waals surface area contributed by atoms with E-state index >= 15 is 0 Å². The Hall–Kier alpha value is -0.0300. The molecular weight excluding hydrogens is 297 g/mol. The maximum Gasteiger partial charge on any atom is 0.220 e. The zero-order valence-corrected chi connectivity index (χ0v) is 14.8. The maximum atomic E-state index is 11.9. The molecule has 6 heteroatoms. The number of hydrogen-bond acceptors (Lipinski definition) is 3. The summed E-state index contributed by atoms with van der Waals surface area (Å²) in [5.41, 5.74) is 0.132. The molecule has 122 valence electrons. The van der Waals surface area contributed by atoms with Gasteiger partial charge in [0.2, 0.25) is 5.91 Å². The first kappa shape index (κ1) is 22.3. The Labute approximate surface area is 136 Å². The average molecular weight is 328 g/mol. The van der Waals surface area contributed by atoms with Crippen molar-refractivity contribution in [3.8, 4) is 0 Å². The highest BCUT2D eigenvalue weighted by molar-refractivity contribution is 5.85. The predicted molar refractivity (Wildman–Crippen MR) is 90.1 cm³/mol. The van der Waals surface area contributed by atoms with E-state index in [1.165, 1.54) is 0 Å². The van der Waals surface area contributed by atoms with E-state index in [0.717, 1.165) is 39.0 Å². The van der Waals surface area contributed by atoms with Crippen molar-refractivity contribution in [2.45, 2.75) is 33.1 Å². The van der Waals surface area contributed by atoms with Gasteiger partial charge in [-0.2, -0.15) is 0 Å². The van der Waals surface area contributed by atoms with E-state index in [-0.39, 0.29) is 36.1 Å². The second-order valence-electron chi connectivity index (χ2n) is 6.58. The third-order valence-corrected chi connectivity index (χ3v) is 3.44. The van der Waals surface area contributed by atoms with Crippen molar-refractivity contribution in [1.82, 2.24) is 15.5 Å². The summed E-state index contributed by atoms with van der Waals surface area (Å²) in [4.78, 5) is 14.1. The SMILES string of the molecule is CN(C)CC(C)(C)CNC(=O)CC1CCNCC1.Cl.Cl. The highest BCUT2D eigenvalue weighted by Crippen LogP contribution is 2.17. The quantitative estimate of drug-likeness (QED) is 0.783. The summed E-state index contributed by atoms with van der Waals surface area (Å²) < 4.78 is 0. The zero-order chi connectivity index (χ0) is 13.6. The first-order valence-corrected chi connectivity index (χ1v) is 7.01. The second-order valence-corrected chi connectivity index (χ2v) is 6.58. The van der Waals surface area contributed by atoms with E-state index in [4.69, 9.17) is 0 Å². The lowest BCUT2D eigenvalue weighted by atomic mass is 9.91. The van der Waals surface area contributed by atoms with Crippen LogP contribution >= 0.6 is 24.8 Å². The van der Waals surface area contributed by atoms with Crippen LogP contribution in [0.4, 0.5) is 0 Å². The number of hydrogen-bond donors (Lipinski definition) is 2. The van der Waals surface area contributed by atoms with Gasteiger partial charge in [-0.3, -0.25) is 4.79 Å². The van der Waals surface area contributed by atoms with E-state index < -0.39 is 0 Å². The van der Waals surface area contributed by atoms with E-state index in [0.29, 0.717) is 12.3 Å². The van der Waals surface area contributed by atoms with Gasteiger partial charge < -0.3 is 15.5 Å². The minimum Gasteiger partial charge on any atom is -0.356 e. The molecule has 0 unspecified atom stereocenters. The molecule has 1 aliphatic heterocycles. The van der Waals surface area contributed by atoms with Crippen molar-refractivity contribution >= 4 is 30.7 Å². The lowest BCUT2D eigenvalue weighted by Gasteiger charge is -2.29. The maximum absolute atomic E-state index is 11.9. The third-order valence-electron chi connectivity index (χ3n) is 3.44. The molecule has 2 N–H and O–H groups in total. The van der Waals surface area contributed by atoms with Crippen molar-refractivity contribution in [2.75, 3.05) is 40.3 Å². The monoisotopic (exact) mass is 327 g/mol. The van der Waals surface area contributed by atoms with Crippen LogP contribution in [0.25, 0.3) is 0 Å². The molecule has 1 amide bonds. The van der Waals surface area contributed by atoms with Crippen LogP contribution in [0.1, 0.15) is 33.1 Å². The molecule has 0 aromatic carbocycles. The summed E-state index contributed by atoms with van der Waals surface area (Å²) in [6.07, 6.45) is 2.96. The number of amides is 1. The fraction of sp³-hybridized carbons (Fsp3) is 0.929. The molecule has 0 aromatic rings. The summed E-state index contributed by atoms with van der Waals surface area (Å²) in [5, 5.41) is 6.42. The molecule has 0 spiro atoms. The minimum absolute atomic E-state index is 0. The third kappa shape index (κ3) is 9.81. The van der Waals surface area contributed by atoms with Crippen LogP contribution < -0.4 is 10.6 Å². The normalized spacial score (nSPS) is 16.2. The molecule has 0 aliphatic carbocycles. The Bertz CT molecular complexity index is 267. The van der Waals surface area contributed by atoms with Crippen molar-refractivity contribution in [3.63, 3.8) is 0 Å². The van der Waals surface area contributed by atoms with Crippen molar-refractivity contribution in [1.29, 1.82) is 0 Å². The van der Waals surface area contributed by atoms with Gasteiger partial charge in [0.05, 0.1) is 0 Å². The van der Waals surface area contributed by atoms with Crippen LogP contribution in [0.15, 0.2) is 0 Å². The van der Waals surface area contributed by atoms with Crippen LogP contribution in [-0.2, 0) is 4.79 Å². The summed E-state index contributed by atoms with van der Waals surface area (Å²) in [5.74, 6) is 0.789. The minimum atomic E-state index is 0. The molecule has 1 fully saturated rings. The second kappa shape index (κ2) is 10.7. The fourth-order valence-corrected chi connectivity index (χ4v) is 2.67. The summed E-state index contributed by atoms with van der Waals surface area (Å²) in [6, 6.07) is 0. The molecule has 0 radical (unpaired) electrons. The first-order chi connectivity index (χ1) is 8.39. The number of nitrogens with zero attached hydrogens (tertiary/aromatic N) is 1. The molecule has 1 heterocycles. The number of carbonyl (C=O) groups excluding carboxylic acids is 1. The van der Waals surface area contributed by atoms with Gasteiger partial charge in [-0.05, 0) is 51.4 Å². The Kier molecular flexibility index (Phi) is 11.9. The van der Waals surface area contributed by atoms with E-state index in [9.17, 15) is 4.79 Å². The molecule has 20 heavy (non-hydrogen) atoms. The van der Waals surface area contributed by atoms with Crippen LogP contribution in [0.2, 0.25) is 0 Å². The Morgan fingerprint density at radius 1 is 1.25 bits per heavy atom. The number of rotatable bonds is 6. The van der Waals surface area contributed by atoms with E-state index in [1.807, 2.05) is 0 Å². The van der Waals surface area contributed by atoms with Gasteiger partial charge in [-0.15, -0.1) is 24.8 Å². The molecule has 0 saturated carbocycles. The smallest absolute Gasteiger partial charge is 0.220 e. The molecule has 0 bridgehead atoms. The standard InChI is InChI=1S/C14H29N3O.2ClH/c1-14(2,11-17(3)4)10-16-13(18)9-12-5-7-15-8-6-12;;/h12,15H,5-11H2,1-4H3,(H,16,18);2*1H. The van der Waals surface area contributed by atoms with Gasteiger partial charge in [0, 0.05) is 19.5 Å². The predicted octanol–water partition coefficient (Wildman–Crippen LogP) is 1.92. The number of carbonyl (C=O) groups is 1. The number of nitrogens with one attached hydrogen (secondary N) is 2. The highest BCUT2D eigenvalue weighted by Gasteiger charge is 2.21. The zero-order valence-electron chi connectivity index (χ0n) is 13.2. The summed E-state index contributed by atoms with van der Waals surface area (Å²) in [6.45, 7) is 8.25. The molecule has 0 aromatic heterocycles. The molecule has 1 saturated heterocycles. The van der Waals surface area contributed by atoms with Crippen LogP contribution in [-0.4, -0.2) is 51.1 Å². The summed E-state index contributed by atoms with van der Waals surface area (Å²) >= 11 is 0. The van der Waals surface area contributed by atoms with Gasteiger partial charge in [0.15, 0.2) is 0 Å². The lowest BCUT2D eigenvalue weighted by Crippen LogP contribution is -2.41.